The molecule has 0 aliphatic carbocycles. The molecule has 1 aromatic heterocycles. The second-order valence-corrected chi connectivity index (χ2v) is 9.70. The average Bonchev–Trinajstić information content (AvgIpc) is 2.93. The molecular weight excluding hydrogens is 471 g/mol. The number of halogens is 1. The van der Waals surface area contributed by atoms with Crippen molar-refractivity contribution in [2.75, 3.05) is 71.4 Å². The molecule has 2 N–H and O–H groups in total. The van der Waals surface area contributed by atoms with Gasteiger partial charge in [-0.3, -0.25) is 15.7 Å². The van der Waals surface area contributed by atoms with Crippen LogP contribution in [-0.2, 0) is 0 Å². The Kier molecular flexibility index (Phi) is 8.69. The van der Waals surface area contributed by atoms with E-state index in [9.17, 15) is 9.65 Å². The van der Waals surface area contributed by atoms with Crippen molar-refractivity contribution in [2.24, 2.45) is 5.92 Å². The van der Waals surface area contributed by atoms with Crippen molar-refractivity contribution in [3.63, 3.8) is 0 Å². The molecular formula is C27H35FN8O. The number of hydrogen-bond donors (Lipinski definition) is 2. The molecule has 0 radical (unpaired) electrons. The van der Waals surface area contributed by atoms with Crippen LogP contribution in [0, 0.1) is 34.0 Å². The van der Waals surface area contributed by atoms with Crippen molar-refractivity contribution in [1.82, 2.24) is 19.7 Å². The summed E-state index contributed by atoms with van der Waals surface area (Å²) in [4.78, 5) is 12.2. The third kappa shape index (κ3) is 6.24. The summed E-state index contributed by atoms with van der Waals surface area (Å²) in [7, 11) is 3.85. The topological polar surface area (TPSA) is 107 Å². The molecule has 1 aromatic carbocycles. The maximum Gasteiger partial charge on any atom is 0.212 e. The Hall–Kier alpha value is -3.55. The van der Waals surface area contributed by atoms with E-state index in [1.165, 1.54) is 17.2 Å². The molecule has 37 heavy (non-hydrogen) atoms. The highest BCUT2D eigenvalue weighted by Gasteiger charge is 2.28. The summed E-state index contributed by atoms with van der Waals surface area (Å²) in [5.41, 5.74) is 2.76. The van der Waals surface area contributed by atoms with Gasteiger partial charge in [0, 0.05) is 76.1 Å². The molecule has 0 atom stereocenters. The summed E-state index contributed by atoms with van der Waals surface area (Å²) in [6, 6.07) is 9.13. The van der Waals surface area contributed by atoms with Crippen LogP contribution in [0.1, 0.15) is 18.4 Å². The Morgan fingerprint density at radius 1 is 1.19 bits per heavy atom. The van der Waals surface area contributed by atoms with Crippen molar-refractivity contribution in [3.05, 3.63) is 42.0 Å². The fraction of sp³-hybridized carbons (Fsp3) is 0.481. The molecule has 0 amide bonds. The normalized spacial score (nSPS) is 17.3. The number of anilines is 1. The van der Waals surface area contributed by atoms with E-state index in [1.807, 2.05) is 12.1 Å². The van der Waals surface area contributed by atoms with Crippen molar-refractivity contribution in [2.45, 2.75) is 12.8 Å². The quantitative estimate of drug-likeness (QED) is 0.322. The van der Waals surface area contributed by atoms with Crippen LogP contribution in [0.3, 0.4) is 0 Å². The van der Waals surface area contributed by atoms with Crippen molar-refractivity contribution in [1.29, 1.82) is 16.1 Å². The molecule has 2 aliphatic heterocycles. The van der Waals surface area contributed by atoms with Crippen molar-refractivity contribution in [3.8, 4) is 22.9 Å². The van der Waals surface area contributed by atoms with Gasteiger partial charge in [0.05, 0.1) is 12.0 Å². The predicted octanol–water partition coefficient (Wildman–Crippen LogP) is 3.12. The first-order chi connectivity index (χ1) is 17.9. The number of nitrogens with one attached hydrogen (secondary N) is 2. The largest absolute Gasteiger partial charge is 0.491 e. The van der Waals surface area contributed by atoms with E-state index in [4.69, 9.17) is 15.6 Å². The summed E-state index contributed by atoms with van der Waals surface area (Å²) in [5, 5.41) is 26.1. The maximum absolute atomic E-state index is 13.6. The fourth-order valence-corrected chi connectivity index (χ4v) is 4.99. The number of nitrogens with zero attached hydrogens (tertiary/aromatic N) is 6. The Labute approximate surface area is 218 Å². The van der Waals surface area contributed by atoms with Gasteiger partial charge in [-0.2, -0.15) is 9.65 Å². The fourth-order valence-electron chi connectivity index (χ4n) is 4.99. The lowest BCUT2D eigenvalue weighted by atomic mass is 9.92. The number of pyridine rings is 1. The second kappa shape index (κ2) is 12.1. The number of amidine groups is 1. The zero-order chi connectivity index (χ0) is 26.4. The third-order valence-electron chi connectivity index (χ3n) is 7.32. The molecule has 0 spiro atoms. The highest BCUT2D eigenvalue weighted by atomic mass is 19.1. The zero-order valence-corrected chi connectivity index (χ0v) is 21.6. The van der Waals surface area contributed by atoms with Gasteiger partial charge in [0.15, 0.2) is 0 Å². The van der Waals surface area contributed by atoms with Gasteiger partial charge < -0.3 is 19.4 Å². The number of rotatable bonds is 8. The van der Waals surface area contributed by atoms with Gasteiger partial charge in [-0.05, 0) is 44.2 Å². The number of ether oxygens (including phenoxy) is 1. The molecule has 0 unspecified atom stereocenters. The van der Waals surface area contributed by atoms with E-state index in [0.29, 0.717) is 36.8 Å². The summed E-state index contributed by atoms with van der Waals surface area (Å²) in [6.45, 7) is 6.68. The minimum Gasteiger partial charge on any atom is -0.491 e. The van der Waals surface area contributed by atoms with Crippen LogP contribution in [0.2, 0.25) is 0 Å². The first-order valence-corrected chi connectivity index (χ1v) is 12.7. The first-order valence-electron chi connectivity index (χ1n) is 12.7. The number of nitriles is 1. The zero-order valence-electron chi connectivity index (χ0n) is 21.6. The molecule has 196 valence electrons. The number of piperidine rings is 1. The lowest BCUT2D eigenvalue weighted by Crippen LogP contribution is -2.45. The molecule has 4 rings (SSSR count). The summed E-state index contributed by atoms with van der Waals surface area (Å²) in [5.74, 6) is 0.472. The molecule has 2 aromatic rings. The Morgan fingerprint density at radius 3 is 2.54 bits per heavy atom. The minimum absolute atomic E-state index is 0.0485. The van der Waals surface area contributed by atoms with Crippen molar-refractivity contribution >= 4 is 17.9 Å². The van der Waals surface area contributed by atoms with Crippen molar-refractivity contribution < 1.29 is 9.13 Å². The Bertz CT molecular complexity index is 1130. The van der Waals surface area contributed by atoms with E-state index in [2.05, 4.69) is 32.8 Å². The van der Waals surface area contributed by atoms with Gasteiger partial charge in [-0.15, -0.1) is 0 Å². The van der Waals surface area contributed by atoms with Crippen LogP contribution in [0.4, 0.5) is 10.1 Å². The minimum atomic E-state index is -0.552. The lowest BCUT2D eigenvalue weighted by molar-refractivity contribution is 0.133. The molecule has 0 saturated carbocycles. The molecule has 2 fully saturated rings. The van der Waals surface area contributed by atoms with Crippen LogP contribution < -0.4 is 9.64 Å². The van der Waals surface area contributed by atoms with E-state index in [1.54, 1.807) is 13.1 Å². The van der Waals surface area contributed by atoms with E-state index >= 15 is 0 Å². The van der Waals surface area contributed by atoms with Gasteiger partial charge in [-0.25, -0.2) is 4.98 Å². The summed E-state index contributed by atoms with van der Waals surface area (Å²) < 4.78 is 19.7. The van der Waals surface area contributed by atoms with Crippen LogP contribution in [0.5, 0.6) is 5.75 Å². The molecule has 2 aliphatic rings. The van der Waals surface area contributed by atoms with E-state index in [-0.39, 0.29) is 5.92 Å². The van der Waals surface area contributed by atoms with Gasteiger partial charge in [0.25, 0.3) is 0 Å². The molecule has 9 nitrogen and oxygen atoms in total. The number of benzene rings is 1. The predicted molar refractivity (Wildman–Crippen MR) is 143 cm³/mol. The van der Waals surface area contributed by atoms with Crippen LogP contribution in [-0.4, -0.2) is 98.4 Å². The van der Waals surface area contributed by atoms with E-state index in [0.717, 1.165) is 68.7 Å². The van der Waals surface area contributed by atoms with Gasteiger partial charge in [0.2, 0.25) is 5.95 Å². The summed E-state index contributed by atoms with van der Waals surface area (Å²) in [6.07, 6.45) is 4.12. The SMILES string of the molecule is CN1CCN(CCOc2ccc(-c3ccc(F)nc3)c(N3CCC(C(=N)N(C)C=N)CC3)c2C#N)CC1. The highest BCUT2D eigenvalue weighted by molar-refractivity contribution is 5.91. The maximum atomic E-state index is 13.6. The molecule has 3 heterocycles. The molecule has 10 heteroatoms. The monoisotopic (exact) mass is 506 g/mol. The smallest absolute Gasteiger partial charge is 0.212 e. The Morgan fingerprint density at radius 2 is 1.92 bits per heavy atom. The van der Waals surface area contributed by atoms with Crippen LogP contribution in [0.15, 0.2) is 30.5 Å². The molecule has 0 bridgehead atoms. The van der Waals surface area contributed by atoms with Gasteiger partial charge in [-0.1, -0.05) is 0 Å². The average molecular weight is 507 g/mol. The third-order valence-corrected chi connectivity index (χ3v) is 7.32. The van der Waals surface area contributed by atoms with E-state index < -0.39 is 5.95 Å². The number of aromatic nitrogens is 1. The van der Waals surface area contributed by atoms with Crippen LogP contribution >= 0.6 is 0 Å². The number of piperazine rings is 1. The lowest BCUT2D eigenvalue weighted by Gasteiger charge is -2.36. The summed E-state index contributed by atoms with van der Waals surface area (Å²) >= 11 is 0. The standard InChI is InChI=1S/C27H35FN8O/c1-33-11-13-35(14-12-33)15-16-37-24-5-4-22(21-3-6-25(28)32-18-21)26(23(24)17-29)36-9-7-20(8-10-36)27(31)34(2)19-30/h3-6,18-20,30-31H,7-16H2,1-2H3. The Balaban J connectivity index is 1.58. The van der Waals surface area contributed by atoms with Crippen LogP contribution in [0.25, 0.3) is 11.1 Å². The molecule has 2 saturated heterocycles. The van der Waals surface area contributed by atoms with Gasteiger partial charge in [0.1, 0.15) is 29.8 Å². The second-order valence-electron chi connectivity index (χ2n) is 9.70. The number of hydrogen-bond acceptors (Lipinski definition) is 8. The highest BCUT2D eigenvalue weighted by Crippen LogP contribution is 2.40. The van der Waals surface area contributed by atoms with Gasteiger partial charge >= 0.3 is 0 Å². The number of likely N-dealkylation sites (N-methyl/N-ethyl adjacent to an activating group) is 1. The first kappa shape index (κ1) is 26.5.